The molecule has 126 valence electrons. The average Bonchev–Trinajstić information content (AvgIpc) is 2.50. The summed E-state index contributed by atoms with van der Waals surface area (Å²) in [6, 6.07) is 6.43. The molecule has 1 heterocycles. The molecule has 0 saturated carbocycles. The Labute approximate surface area is 151 Å². The summed E-state index contributed by atoms with van der Waals surface area (Å²) in [7, 11) is 0. The number of likely N-dealkylation sites (tertiary alicyclic amines) is 1. The highest BCUT2D eigenvalue weighted by Crippen LogP contribution is 2.30. The van der Waals surface area contributed by atoms with Crippen molar-refractivity contribution < 1.29 is 18.0 Å². The van der Waals surface area contributed by atoms with Crippen molar-refractivity contribution in [2.24, 2.45) is 5.92 Å². The van der Waals surface area contributed by atoms with E-state index in [9.17, 15) is 18.0 Å². The van der Waals surface area contributed by atoms with Crippen molar-refractivity contribution in [3.05, 3.63) is 56.9 Å². The Morgan fingerprint density at radius 2 is 1.88 bits per heavy atom. The molecule has 1 aliphatic heterocycles. The molecule has 0 unspecified atom stereocenters. The van der Waals surface area contributed by atoms with Crippen molar-refractivity contribution in [1.82, 2.24) is 4.90 Å². The largest absolute Gasteiger partial charge is 0.350 e. The fourth-order valence-electron chi connectivity index (χ4n) is 2.61. The molecular formula is C17H14F3IN2O. The molecule has 1 N–H and O–H groups in total. The van der Waals surface area contributed by atoms with Crippen LogP contribution >= 0.6 is 22.6 Å². The maximum atomic E-state index is 14.2. The normalized spacial score (nSPS) is 14.5. The van der Waals surface area contributed by atoms with E-state index < -0.39 is 23.4 Å². The molecule has 0 aromatic heterocycles. The second kappa shape index (κ2) is 6.62. The molecule has 0 bridgehead atoms. The van der Waals surface area contributed by atoms with Gasteiger partial charge in [-0.15, -0.1) is 0 Å². The van der Waals surface area contributed by atoms with Gasteiger partial charge in [-0.1, -0.05) is 6.92 Å². The minimum Gasteiger partial charge on any atom is -0.350 e. The number of hydrogen-bond donors (Lipinski definition) is 1. The zero-order valence-electron chi connectivity index (χ0n) is 12.7. The van der Waals surface area contributed by atoms with Gasteiger partial charge in [-0.25, -0.2) is 13.2 Å². The smallest absolute Gasteiger partial charge is 0.256 e. The summed E-state index contributed by atoms with van der Waals surface area (Å²) in [5.74, 6) is -2.93. The Morgan fingerprint density at radius 1 is 1.17 bits per heavy atom. The summed E-state index contributed by atoms with van der Waals surface area (Å²) in [4.78, 5) is 14.0. The quantitative estimate of drug-likeness (QED) is 0.703. The SMILES string of the molecule is CC1CN(C(=O)c2ccc(F)c(F)c2Nc2ccc(I)cc2F)C1. The minimum absolute atomic E-state index is 0.0150. The maximum absolute atomic E-state index is 14.2. The second-order valence-corrected chi connectivity index (χ2v) is 7.09. The van der Waals surface area contributed by atoms with Crippen LogP contribution < -0.4 is 5.32 Å². The van der Waals surface area contributed by atoms with Gasteiger partial charge in [0.15, 0.2) is 11.6 Å². The fraction of sp³-hybridized carbons (Fsp3) is 0.235. The topological polar surface area (TPSA) is 32.3 Å². The Bertz CT molecular complexity index is 807. The van der Waals surface area contributed by atoms with Gasteiger partial charge in [0.1, 0.15) is 5.82 Å². The molecule has 2 aromatic rings. The van der Waals surface area contributed by atoms with Crippen LogP contribution in [0.25, 0.3) is 0 Å². The van der Waals surface area contributed by atoms with E-state index in [1.165, 1.54) is 18.2 Å². The lowest BCUT2D eigenvalue weighted by Gasteiger charge is -2.37. The standard InChI is InChI=1S/C17H14F3IN2O/c1-9-7-23(8-9)17(24)11-3-4-12(18)15(20)16(11)22-14-5-2-10(21)6-13(14)19/h2-6,9,22H,7-8H2,1H3. The van der Waals surface area contributed by atoms with Gasteiger partial charge >= 0.3 is 0 Å². The molecule has 0 radical (unpaired) electrons. The molecular weight excluding hydrogens is 432 g/mol. The number of anilines is 2. The highest BCUT2D eigenvalue weighted by atomic mass is 127. The van der Waals surface area contributed by atoms with Gasteiger partial charge in [-0.2, -0.15) is 0 Å². The number of hydrogen-bond acceptors (Lipinski definition) is 2. The van der Waals surface area contributed by atoms with Gasteiger partial charge in [0.05, 0.1) is 16.9 Å². The van der Waals surface area contributed by atoms with Crippen LogP contribution in [0.3, 0.4) is 0 Å². The molecule has 1 aliphatic rings. The molecule has 0 spiro atoms. The monoisotopic (exact) mass is 446 g/mol. The van der Waals surface area contributed by atoms with Gasteiger partial charge < -0.3 is 10.2 Å². The lowest BCUT2D eigenvalue weighted by Crippen LogP contribution is -2.48. The third-order valence-corrected chi connectivity index (χ3v) is 4.54. The number of carbonyl (C=O) groups is 1. The van der Waals surface area contributed by atoms with Gasteiger partial charge in [0.25, 0.3) is 5.91 Å². The molecule has 2 aromatic carbocycles. The van der Waals surface area contributed by atoms with Crippen LogP contribution in [0, 0.1) is 26.9 Å². The first-order valence-corrected chi connectivity index (χ1v) is 8.44. The third kappa shape index (κ3) is 3.22. The Kier molecular flexibility index (Phi) is 4.71. The minimum atomic E-state index is -1.20. The molecule has 1 amide bonds. The Balaban J connectivity index is 1.99. The van der Waals surface area contributed by atoms with Crippen LogP contribution in [0.2, 0.25) is 0 Å². The van der Waals surface area contributed by atoms with Crippen molar-refractivity contribution >= 4 is 39.9 Å². The second-order valence-electron chi connectivity index (χ2n) is 5.85. The predicted octanol–water partition coefficient (Wildman–Crippen LogP) is 4.54. The van der Waals surface area contributed by atoms with Crippen molar-refractivity contribution in [3.63, 3.8) is 0 Å². The number of rotatable bonds is 3. The van der Waals surface area contributed by atoms with E-state index in [1.54, 1.807) is 11.0 Å². The zero-order chi connectivity index (χ0) is 17.4. The fourth-order valence-corrected chi connectivity index (χ4v) is 3.06. The van der Waals surface area contributed by atoms with Crippen LogP contribution in [0.4, 0.5) is 24.5 Å². The van der Waals surface area contributed by atoms with Crippen molar-refractivity contribution in [3.8, 4) is 0 Å². The Hall–Kier alpha value is -1.77. The molecule has 0 aliphatic carbocycles. The number of nitrogens with one attached hydrogen (secondary N) is 1. The van der Waals surface area contributed by atoms with E-state index in [0.717, 1.165) is 6.07 Å². The summed E-state index contributed by atoms with van der Waals surface area (Å²) >= 11 is 1.94. The first kappa shape index (κ1) is 17.1. The highest BCUT2D eigenvalue weighted by molar-refractivity contribution is 14.1. The molecule has 3 rings (SSSR count). The molecule has 3 nitrogen and oxygen atoms in total. The molecule has 0 atom stereocenters. The lowest BCUT2D eigenvalue weighted by atomic mass is 10.0. The molecule has 1 saturated heterocycles. The molecule has 1 fully saturated rings. The first-order chi connectivity index (χ1) is 11.4. The maximum Gasteiger partial charge on any atom is 0.256 e. The van der Waals surface area contributed by atoms with Gasteiger partial charge in [-0.05, 0) is 58.8 Å². The van der Waals surface area contributed by atoms with Crippen molar-refractivity contribution in [2.45, 2.75) is 6.92 Å². The van der Waals surface area contributed by atoms with E-state index in [0.29, 0.717) is 22.6 Å². The van der Waals surface area contributed by atoms with E-state index in [1.807, 2.05) is 29.5 Å². The summed E-state index contributed by atoms with van der Waals surface area (Å²) in [6.07, 6.45) is 0. The molecule has 7 heteroatoms. The average molecular weight is 446 g/mol. The van der Waals surface area contributed by atoms with Crippen LogP contribution in [0.1, 0.15) is 17.3 Å². The number of halogens is 4. The van der Waals surface area contributed by atoms with E-state index in [2.05, 4.69) is 5.32 Å². The van der Waals surface area contributed by atoms with Crippen molar-refractivity contribution in [1.29, 1.82) is 0 Å². The highest BCUT2D eigenvalue weighted by Gasteiger charge is 2.30. The summed E-state index contributed by atoms with van der Waals surface area (Å²) in [5, 5.41) is 2.53. The van der Waals surface area contributed by atoms with Crippen LogP contribution in [-0.2, 0) is 0 Å². The number of benzene rings is 2. The van der Waals surface area contributed by atoms with E-state index >= 15 is 0 Å². The first-order valence-electron chi connectivity index (χ1n) is 7.36. The number of nitrogens with zero attached hydrogens (tertiary/aromatic N) is 1. The van der Waals surface area contributed by atoms with Crippen LogP contribution in [-0.4, -0.2) is 23.9 Å². The summed E-state index contributed by atoms with van der Waals surface area (Å²) in [6.45, 7) is 3.12. The number of carbonyl (C=O) groups excluding carboxylic acids is 1. The van der Waals surface area contributed by atoms with Crippen molar-refractivity contribution in [2.75, 3.05) is 18.4 Å². The third-order valence-electron chi connectivity index (χ3n) is 3.87. The van der Waals surface area contributed by atoms with Crippen LogP contribution in [0.15, 0.2) is 30.3 Å². The van der Waals surface area contributed by atoms with E-state index in [4.69, 9.17) is 0 Å². The van der Waals surface area contributed by atoms with E-state index in [-0.39, 0.29) is 16.9 Å². The molecule has 24 heavy (non-hydrogen) atoms. The Morgan fingerprint density at radius 3 is 2.50 bits per heavy atom. The summed E-state index contributed by atoms with van der Waals surface area (Å²) in [5.41, 5.74) is -0.385. The van der Waals surface area contributed by atoms with Gasteiger partial charge in [0, 0.05) is 16.7 Å². The number of amides is 1. The van der Waals surface area contributed by atoms with Crippen LogP contribution in [0.5, 0.6) is 0 Å². The summed E-state index contributed by atoms with van der Waals surface area (Å²) < 4.78 is 42.5. The van der Waals surface area contributed by atoms with Gasteiger partial charge in [0.2, 0.25) is 0 Å². The predicted molar refractivity (Wildman–Crippen MR) is 93.8 cm³/mol. The lowest BCUT2D eigenvalue weighted by molar-refractivity contribution is 0.0531. The zero-order valence-corrected chi connectivity index (χ0v) is 14.9. The van der Waals surface area contributed by atoms with Gasteiger partial charge in [-0.3, -0.25) is 4.79 Å².